The van der Waals surface area contributed by atoms with Crippen molar-refractivity contribution < 1.29 is 4.79 Å². The van der Waals surface area contributed by atoms with Crippen LogP contribution >= 0.6 is 0 Å². The quantitative estimate of drug-likeness (QED) is 0.799. The summed E-state index contributed by atoms with van der Waals surface area (Å²) in [7, 11) is 0. The fraction of sp³-hybridized carbons (Fsp3) is 0.312. The van der Waals surface area contributed by atoms with E-state index in [0.29, 0.717) is 12.5 Å². The van der Waals surface area contributed by atoms with E-state index in [2.05, 4.69) is 10.6 Å². The molecule has 20 heavy (non-hydrogen) atoms. The predicted octanol–water partition coefficient (Wildman–Crippen LogP) is 2.70. The largest absolute Gasteiger partial charge is 0.336 e. The van der Waals surface area contributed by atoms with Gasteiger partial charge >= 0.3 is 6.03 Å². The number of hydrogen-bond donors (Lipinski definition) is 3. The first-order valence-corrected chi connectivity index (χ1v) is 7.02. The highest BCUT2D eigenvalue weighted by Crippen LogP contribution is 2.31. The molecule has 4 N–H and O–H groups in total. The maximum atomic E-state index is 11.9. The lowest BCUT2D eigenvalue weighted by Gasteiger charge is -2.13. The van der Waals surface area contributed by atoms with Crippen LogP contribution in [0, 0.1) is 5.92 Å². The molecule has 2 aromatic carbocycles. The van der Waals surface area contributed by atoms with Gasteiger partial charge in [0, 0.05) is 18.0 Å². The van der Waals surface area contributed by atoms with Crippen molar-refractivity contribution in [1.29, 1.82) is 0 Å². The summed E-state index contributed by atoms with van der Waals surface area (Å²) in [6.45, 7) is 0.529. The van der Waals surface area contributed by atoms with Crippen LogP contribution < -0.4 is 16.4 Å². The summed E-state index contributed by atoms with van der Waals surface area (Å²) < 4.78 is 0. The van der Waals surface area contributed by atoms with Crippen LogP contribution in [0.2, 0.25) is 0 Å². The normalized spacial score (nSPS) is 15.8. The van der Waals surface area contributed by atoms with Gasteiger partial charge in [-0.1, -0.05) is 36.4 Å². The minimum absolute atomic E-state index is 0.0771. The molecule has 4 nitrogen and oxygen atoms in total. The molecule has 0 bridgehead atoms. The van der Waals surface area contributed by atoms with Crippen LogP contribution in [0.4, 0.5) is 10.5 Å². The minimum Gasteiger partial charge on any atom is -0.336 e. The summed E-state index contributed by atoms with van der Waals surface area (Å²) >= 11 is 0. The lowest BCUT2D eigenvalue weighted by Crippen LogP contribution is -2.40. The number of anilines is 1. The van der Waals surface area contributed by atoms with Crippen LogP contribution in [-0.4, -0.2) is 18.6 Å². The lowest BCUT2D eigenvalue weighted by atomic mass is 10.1. The first-order valence-electron chi connectivity index (χ1n) is 7.02. The molecule has 0 heterocycles. The van der Waals surface area contributed by atoms with E-state index in [1.54, 1.807) is 0 Å². The summed E-state index contributed by atoms with van der Waals surface area (Å²) in [6.07, 6.45) is 2.38. The third-order valence-electron chi connectivity index (χ3n) is 3.76. The Morgan fingerprint density at radius 1 is 1.20 bits per heavy atom. The van der Waals surface area contributed by atoms with Crippen molar-refractivity contribution in [3.8, 4) is 0 Å². The first-order chi connectivity index (χ1) is 9.74. The van der Waals surface area contributed by atoms with E-state index in [0.717, 1.165) is 16.5 Å². The third-order valence-corrected chi connectivity index (χ3v) is 3.76. The van der Waals surface area contributed by atoms with Gasteiger partial charge in [-0.2, -0.15) is 0 Å². The Balaban J connectivity index is 1.64. The molecule has 1 fully saturated rings. The Labute approximate surface area is 118 Å². The van der Waals surface area contributed by atoms with E-state index in [1.165, 1.54) is 12.8 Å². The average Bonchev–Trinajstić information content (AvgIpc) is 3.30. The molecule has 0 radical (unpaired) electrons. The fourth-order valence-corrected chi connectivity index (χ4v) is 2.40. The molecule has 0 aliphatic heterocycles. The first kappa shape index (κ1) is 12.9. The van der Waals surface area contributed by atoms with Crippen LogP contribution in [0.15, 0.2) is 42.5 Å². The van der Waals surface area contributed by atoms with Crippen LogP contribution in [0.1, 0.15) is 12.8 Å². The second-order valence-electron chi connectivity index (χ2n) is 5.36. The van der Waals surface area contributed by atoms with Crippen molar-refractivity contribution in [2.24, 2.45) is 11.7 Å². The van der Waals surface area contributed by atoms with Crippen molar-refractivity contribution in [3.63, 3.8) is 0 Å². The average molecular weight is 269 g/mol. The highest BCUT2D eigenvalue weighted by Gasteiger charge is 2.28. The van der Waals surface area contributed by atoms with Gasteiger partial charge in [0.05, 0.1) is 5.69 Å². The molecule has 3 rings (SSSR count). The highest BCUT2D eigenvalue weighted by molar-refractivity contribution is 6.01. The summed E-state index contributed by atoms with van der Waals surface area (Å²) in [5.41, 5.74) is 6.79. The monoisotopic (exact) mass is 269 g/mol. The highest BCUT2D eigenvalue weighted by atomic mass is 16.2. The molecule has 2 aromatic rings. The molecule has 0 saturated heterocycles. The van der Waals surface area contributed by atoms with Crippen molar-refractivity contribution in [2.75, 3.05) is 11.9 Å². The van der Waals surface area contributed by atoms with E-state index < -0.39 is 0 Å². The van der Waals surface area contributed by atoms with Gasteiger partial charge in [0.1, 0.15) is 0 Å². The molecule has 1 aliphatic rings. The Kier molecular flexibility index (Phi) is 3.56. The SMILES string of the molecule is NC(CNC(=O)Nc1cccc2ccccc12)C1CC1. The summed E-state index contributed by atoms with van der Waals surface area (Å²) in [6, 6.07) is 13.7. The van der Waals surface area contributed by atoms with Gasteiger partial charge in [-0.05, 0) is 30.2 Å². The number of benzene rings is 2. The Morgan fingerprint density at radius 3 is 2.75 bits per heavy atom. The zero-order chi connectivity index (χ0) is 13.9. The number of carbonyl (C=O) groups excluding carboxylic acids is 1. The zero-order valence-electron chi connectivity index (χ0n) is 11.3. The molecule has 1 unspecified atom stereocenters. The van der Waals surface area contributed by atoms with Gasteiger partial charge in [0.25, 0.3) is 0 Å². The molecular weight excluding hydrogens is 250 g/mol. The Bertz CT molecular complexity index is 617. The van der Waals surface area contributed by atoms with Crippen LogP contribution in [0.5, 0.6) is 0 Å². The number of nitrogens with one attached hydrogen (secondary N) is 2. The number of urea groups is 1. The maximum absolute atomic E-state index is 11.9. The van der Waals surface area contributed by atoms with Gasteiger partial charge in [-0.25, -0.2) is 4.79 Å². The predicted molar refractivity (Wildman–Crippen MR) is 81.7 cm³/mol. The molecule has 2 amide bonds. The minimum atomic E-state index is -0.197. The van der Waals surface area contributed by atoms with Gasteiger partial charge in [0.15, 0.2) is 0 Å². The fourth-order valence-electron chi connectivity index (χ4n) is 2.40. The van der Waals surface area contributed by atoms with Crippen LogP contribution in [-0.2, 0) is 0 Å². The van der Waals surface area contributed by atoms with Crippen molar-refractivity contribution in [2.45, 2.75) is 18.9 Å². The van der Waals surface area contributed by atoms with Crippen LogP contribution in [0.25, 0.3) is 10.8 Å². The summed E-state index contributed by atoms with van der Waals surface area (Å²) in [5.74, 6) is 0.591. The maximum Gasteiger partial charge on any atom is 0.319 e. The van der Waals surface area contributed by atoms with E-state index in [1.807, 2.05) is 42.5 Å². The number of rotatable bonds is 4. The number of nitrogens with two attached hydrogens (primary N) is 1. The van der Waals surface area contributed by atoms with Gasteiger partial charge in [-0.15, -0.1) is 0 Å². The molecule has 4 heteroatoms. The topological polar surface area (TPSA) is 67.1 Å². The molecule has 0 aromatic heterocycles. The van der Waals surface area contributed by atoms with Gasteiger partial charge in [-0.3, -0.25) is 0 Å². The second-order valence-corrected chi connectivity index (χ2v) is 5.36. The van der Waals surface area contributed by atoms with Gasteiger partial charge < -0.3 is 16.4 Å². The molecule has 104 valence electrons. The Morgan fingerprint density at radius 2 is 1.95 bits per heavy atom. The van der Waals surface area contributed by atoms with E-state index >= 15 is 0 Å². The molecular formula is C16H19N3O. The molecule has 1 atom stereocenters. The van der Waals surface area contributed by atoms with E-state index in [4.69, 9.17) is 5.73 Å². The number of hydrogen-bond acceptors (Lipinski definition) is 2. The molecule has 0 spiro atoms. The lowest BCUT2D eigenvalue weighted by molar-refractivity contribution is 0.251. The van der Waals surface area contributed by atoms with Crippen molar-refractivity contribution in [1.82, 2.24) is 5.32 Å². The number of carbonyl (C=O) groups is 1. The second kappa shape index (κ2) is 5.51. The summed E-state index contributed by atoms with van der Waals surface area (Å²) in [5, 5.41) is 7.89. The van der Waals surface area contributed by atoms with Crippen LogP contribution in [0.3, 0.4) is 0 Å². The molecule has 1 aliphatic carbocycles. The zero-order valence-corrected chi connectivity index (χ0v) is 11.3. The molecule has 1 saturated carbocycles. The standard InChI is InChI=1S/C16H19N3O/c17-14(12-8-9-12)10-18-16(20)19-15-7-3-5-11-4-1-2-6-13(11)15/h1-7,12,14H,8-10,17H2,(H2,18,19,20). The van der Waals surface area contributed by atoms with Crippen molar-refractivity contribution >= 4 is 22.5 Å². The van der Waals surface area contributed by atoms with Gasteiger partial charge in [0.2, 0.25) is 0 Å². The number of amides is 2. The van der Waals surface area contributed by atoms with E-state index in [9.17, 15) is 4.79 Å². The third kappa shape index (κ3) is 2.91. The summed E-state index contributed by atoms with van der Waals surface area (Å²) in [4.78, 5) is 11.9. The van der Waals surface area contributed by atoms with E-state index in [-0.39, 0.29) is 12.1 Å². The number of fused-ring (bicyclic) bond motifs is 1. The smallest absolute Gasteiger partial charge is 0.319 e. The van der Waals surface area contributed by atoms with Crippen molar-refractivity contribution in [3.05, 3.63) is 42.5 Å². The Hall–Kier alpha value is -2.07.